The van der Waals surface area contributed by atoms with Crippen LogP contribution < -0.4 is 20.1 Å². The smallest absolute Gasteiger partial charge is 0.171 e. The molecular weight excluding hydrogens is 394 g/mol. The van der Waals surface area contributed by atoms with Gasteiger partial charge >= 0.3 is 0 Å². The molecule has 152 valence electrons. The van der Waals surface area contributed by atoms with Gasteiger partial charge in [0.15, 0.2) is 5.11 Å². The van der Waals surface area contributed by atoms with Crippen molar-refractivity contribution in [3.05, 3.63) is 40.6 Å². The molecule has 0 radical (unpaired) electrons. The van der Waals surface area contributed by atoms with E-state index in [0.717, 1.165) is 37.7 Å². The van der Waals surface area contributed by atoms with Crippen LogP contribution in [0.3, 0.4) is 0 Å². The Morgan fingerprint density at radius 1 is 1.21 bits per heavy atom. The van der Waals surface area contributed by atoms with Crippen LogP contribution in [0.5, 0.6) is 11.5 Å². The minimum Gasteiger partial charge on any atom is -0.497 e. The van der Waals surface area contributed by atoms with E-state index in [1.165, 1.54) is 4.88 Å². The average molecular weight is 422 g/mol. The summed E-state index contributed by atoms with van der Waals surface area (Å²) in [5.74, 6) is 1.45. The van der Waals surface area contributed by atoms with Crippen molar-refractivity contribution in [1.29, 1.82) is 0 Å². The Hall–Kier alpha value is -1.87. The second kappa shape index (κ2) is 10.1. The highest BCUT2D eigenvalue weighted by Gasteiger charge is 2.29. The Morgan fingerprint density at radius 2 is 2.00 bits per heavy atom. The van der Waals surface area contributed by atoms with Crippen molar-refractivity contribution >= 4 is 34.4 Å². The fraction of sp³-hybridized carbons (Fsp3) is 0.450. The van der Waals surface area contributed by atoms with Gasteiger partial charge in [0.05, 0.1) is 39.2 Å². The van der Waals surface area contributed by atoms with Crippen LogP contribution in [0.4, 0.5) is 5.69 Å². The summed E-state index contributed by atoms with van der Waals surface area (Å²) in [4.78, 5) is 3.78. The molecule has 1 aliphatic heterocycles. The Kier molecular flexibility index (Phi) is 7.50. The van der Waals surface area contributed by atoms with Gasteiger partial charge in [-0.1, -0.05) is 6.07 Å². The van der Waals surface area contributed by atoms with Crippen molar-refractivity contribution in [2.45, 2.75) is 19.0 Å². The first kappa shape index (κ1) is 20.9. The fourth-order valence-electron chi connectivity index (χ4n) is 3.41. The van der Waals surface area contributed by atoms with E-state index in [2.05, 4.69) is 40.0 Å². The molecule has 28 heavy (non-hydrogen) atoms. The Bertz CT molecular complexity index is 764. The number of hydrogen-bond donors (Lipinski definition) is 2. The highest BCUT2D eigenvalue weighted by atomic mass is 32.1. The van der Waals surface area contributed by atoms with E-state index < -0.39 is 0 Å². The molecule has 1 fully saturated rings. The maximum atomic E-state index is 5.59. The number of anilines is 1. The molecule has 2 aromatic rings. The molecule has 0 amide bonds. The number of thiophene rings is 1. The SMILES string of the molecule is COc1ccc(OC)c(NC(=S)NC(C)C(c2cccs2)N2CCOCC2)c1. The topological polar surface area (TPSA) is 55.0 Å². The molecule has 0 aliphatic carbocycles. The van der Waals surface area contributed by atoms with Gasteiger partial charge in [-0.25, -0.2) is 0 Å². The first-order chi connectivity index (χ1) is 13.6. The largest absolute Gasteiger partial charge is 0.497 e. The van der Waals surface area contributed by atoms with Gasteiger partial charge in [0.2, 0.25) is 0 Å². The van der Waals surface area contributed by atoms with Gasteiger partial charge in [-0.3, -0.25) is 4.90 Å². The maximum absolute atomic E-state index is 5.59. The zero-order valence-electron chi connectivity index (χ0n) is 16.4. The van der Waals surface area contributed by atoms with E-state index in [1.54, 1.807) is 25.6 Å². The molecule has 2 atom stereocenters. The lowest BCUT2D eigenvalue weighted by Gasteiger charge is -2.38. The van der Waals surface area contributed by atoms with Crippen molar-refractivity contribution in [3.63, 3.8) is 0 Å². The molecule has 1 aromatic heterocycles. The van der Waals surface area contributed by atoms with Crippen molar-refractivity contribution in [3.8, 4) is 11.5 Å². The number of rotatable bonds is 7. The molecule has 6 nitrogen and oxygen atoms in total. The molecule has 0 saturated carbocycles. The van der Waals surface area contributed by atoms with E-state index in [0.29, 0.717) is 10.9 Å². The van der Waals surface area contributed by atoms with Crippen molar-refractivity contribution in [2.24, 2.45) is 0 Å². The number of ether oxygens (including phenoxy) is 3. The van der Waals surface area contributed by atoms with Gasteiger partial charge in [-0.05, 0) is 42.7 Å². The second-order valence-electron chi connectivity index (χ2n) is 6.56. The summed E-state index contributed by atoms with van der Waals surface area (Å²) < 4.78 is 16.3. The first-order valence-electron chi connectivity index (χ1n) is 9.27. The monoisotopic (exact) mass is 421 g/mol. The highest BCUT2D eigenvalue weighted by Crippen LogP contribution is 2.30. The lowest BCUT2D eigenvalue weighted by atomic mass is 10.1. The van der Waals surface area contributed by atoms with E-state index in [1.807, 2.05) is 18.2 Å². The summed E-state index contributed by atoms with van der Waals surface area (Å²) in [6.45, 7) is 5.52. The number of nitrogens with zero attached hydrogens (tertiary/aromatic N) is 1. The molecule has 1 aliphatic rings. The summed E-state index contributed by atoms with van der Waals surface area (Å²) >= 11 is 7.36. The van der Waals surface area contributed by atoms with Gasteiger partial charge in [-0.15, -0.1) is 11.3 Å². The summed E-state index contributed by atoms with van der Waals surface area (Å²) in [6, 6.07) is 10.2. The summed E-state index contributed by atoms with van der Waals surface area (Å²) in [5.41, 5.74) is 0.769. The van der Waals surface area contributed by atoms with Gasteiger partial charge in [0.1, 0.15) is 11.5 Å². The van der Waals surface area contributed by atoms with Crippen LogP contribution in [-0.4, -0.2) is 56.6 Å². The van der Waals surface area contributed by atoms with Gasteiger partial charge in [-0.2, -0.15) is 0 Å². The molecule has 1 aromatic carbocycles. The highest BCUT2D eigenvalue weighted by molar-refractivity contribution is 7.80. The predicted molar refractivity (Wildman–Crippen MR) is 118 cm³/mol. The van der Waals surface area contributed by atoms with Gasteiger partial charge in [0.25, 0.3) is 0 Å². The van der Waals surface area contributed by atoms with E-state index in [9.17, 15) is 0 Å². The molecule has 2 unspecified atom stereocenters. The van der Waals surface area contributed by atoms with Crippen LogP contribution in [0, 0.1) is 0 Å². The average Bonchev–Trinajstić information content (AvgIpc) is 3.23. The maximum Gasteiger partial charge on any atom is 0.171 e. The minimum atomic E-state index is 0.119. The van der Waals surface area contributed by atoms with Crippen LogP contribution in [0.1, 0.15) is 17.8 Å². The molecule has 1 saturated heterocycles. The fourth-order valence-corrected chi connectivity index (χ4v) is 4.67. The number of morpholine rings is 1. The molecular formula is C20H27N3O3S2. The third-order valence-electron chi connectivity index (χ3n) is 4.76. The van der Waals surface area contributed by atoms with Crippen molar-refractivity contribution < 1.29 is 14.2 Å². The number of nitrogens with one attached hydrogen (secondary N) is 2. The zero-order valence-corrected chi connectivity index (χ0v) is 18.1. The summed E-state index contributed by atoms with van der Waals surface area (Å²) in [5, 5.41) is 9.36. The third-order valence-corrected chi connectivity index (χ3v) is 5.92. The Balaban J connectivity index is 1.71. The molecule has 2 heterocycles. The Morgan fingerprint density at radius 3 is 2.64 bits per heavy atom. The molecule has 2 N–H and O–H groups in total. The molecule has 8 heteroatoms. The molecule has 0 bridgehead atoms. The normalized spacial score (nSPS) is 16.8. The van der Waals surface area contributed by atoms with Crippen molar-refractivity contribution in [2.75, 3.05) is 45.8 Å². The van der Waals surface area contributed by atoms with Gasteiger partial charge < -0.3 is 24.8 Å². The third kappa shape index (κ3) is 5.14. The standard InChI is InChI=1S/C20H27N3O3S2/c1-14(19(18-5-4-12-28-18)23-8-10-26-11-9-23)21-20(27)22-16-13-15(24-2)6-7-17(16)25-3/h4-7,12-14,19H,8-11H2,1-3H3,(H2,21,22,27). The zero-order chi connectivity index (χ0) is 19.9. The lowest BCUT2D eigenvalue weighted by Crippen LogP contribution is -2.49. The number of thiocarbonyl (C=S) groups is 1. The van der Waals surface area contributed by atoms with E-state index >= 15 is 0 Å². The summed E-state index contributed by atoms with van der Waals surface area (Å²) in [6.07, 6.45) is 0. The van der Waals surface area contributed by atoms with Crippen LogP contribution in [-0.2, 0) is 4.74 Å². The Labute approximate surface area is 175 Å². The first-order valence-corrected chi connectivity index (χ1v) is 10.6. The molecule has 3 rings (SSSR count). The van der Waals surface area contributed by atoms with Crippen LogP contribution in [0.15, 0.2) is 35.7 Å². The number of benzene rings is 1. The minimum absolute atomic E-state index is 0.119. The van der Waals surface area contributed by atoms with E-state index in [4.69, 9.17) is 26.4 Å². The van der Waals surface area contributed by atoms with Crippen LogP contribution >= 0.6 is 23.6 Å². The quantitative estimate of drug-likeness (QED) is 0.664. The van der Waals surface area contributed by atoms with Crippen LogP contribution in [0.25, 0.3) is 0 Å². The van der Waals surface area contributed by atoms with Crippen LogP contribution in [0.2, 0.25) is 0 Å². The van der Waals surface area contributed by atoms with Crippen molar-refractivity contribution in [1.82, 2.24) is 10.2 Å². The number of hydrogen-bond acceptors (Lipinski definition) is 6. The molecule has 0 spiro atoms. The second-order valence-corrected chi connectivity index (χ2v) is 7.95. The number of methoxy groups -OCH3 is 2. The predicted octanol–water partition coefficient (Wildman–Crippen LogP) is 3.51. The van der Waals surface area contributed by atoms with E-state index in [-0.39, 0.29) is 12.1 Å². The van der Waals surface area contributed by atoms with Gasteiger partial charge in [0, 0.05) is 30.1 Å². The lowest BCUT2D eigenvalue weighted by molar-refractivity contribution is 0.0110. The summed E-state index contributed by atoms with van der Waals surface area (Å²) in [7, 11) is 3.27.